The highest BCUT2D eigenvalue weighted by atomic mass is 32.2. The molecule has 1 aliphatic rings. The van der Waals surface area contributed by atoms with Crippen LogP contribution in [-0.2, 0) is 9.57 Å². The molecule has 12 heteroatoms. The van der Waals surface area contributed by atoms with Crippen molar-refractivity contribution in [3.63, 3.8) is 0 Å². The quantitative estimate of drug-likeness (QED) is 0.269. The summed E-state index contributed by atoms with van der Waals surface area (Å²) in [5.74, 6) is 6.02. The maximum Gasteiger partial charge on any atom is 0.167 e. The first-order valence-corrected chi connectivity index (χ1v) is 8.72. The van der Waals surface area contributed by atoms with Gasteiger partial charge in [0, 0.05) is 11.5 Å². The highest BCUT2D eigenvalue weighted by Crippen LogP contribution is 2.33. The lowest BCUT2D eigenvalue weighted by Crippen LogP contribution is -2.40. The molecule has 11 nitrogen and oxygen atoms in total. The van der Waals surface area contributed by atoms with Crippen molar-refractivity contribution in [2.24, 2.45) is 5.90 Å². The van der Waals surface area contributed by atoms with Gasteiger partial charge in [-0.1, -0.05) is 0 Å². The first-order valence-electron chi connectivity index (χ1n) is 7.56. The van der Waals surface area contributed by atoms with Gasteiger partial charge < -0.3 is 30.6 Å². The smallest absolute Gasteiger partial charge is 0.167 e. The molecule has 1 saturated heterocycles. The zero-order chi connectivity index (χ0) is 18.0. The van der Waals surface area contributed by atoms with Crippen LogP contribution in [0.5, 0.6) is 0 Å². The Bertz CT molecular complexity index is 717. The Morgan fingerprint density at radius 3 is 2.88 bits per heavy atom. The van der Waals surface area contributed by atoms with Crippen molar-refractivity contribution in [1.29, 1.82) is 0 Å². The van der Waals surface area contributed by atoms with Crippen molar-refractivity contribution in [1.82, 2.24) is 19.5 Å². The van der Waals surface area contributed by atoms with E-state index in [-0.39, 0.29) is 5.82 Å². The number of aliphatic hydroxyl groups is 3. The van der Waals surface area contributed by atoms with E-state index >= 15 is 0 Å². The molecule has 1 aliphatic heterocycles. The summed E-state index contributed by atoms with van der Waals surface area (Å²) < 4.78 is 7.16. The molecule has 1 unspecified atom stereocenters. The average molecular weight is 372 g/mol. The molecule has 2 aromatic rings. The summed E-state index contributed by atoms with van der Waals surface area (Å²) in [5.41, 5.74) is 6.48. The molecule has 0 saturated carbocycles. The molecular formula is C13H20N6O5S. The van der Waals surface area contributed by atoms with Gasteiger partial charge in [-0.25, -0.2) is 20.8 Å². The number of nitrogens with two attached hydrogens (primary N) is 2. The zero-order valence-electron chi connectivity index (χ0n) is 13.2. The van der Waals surface area contributed by atoms with Crippen molar-refractivity contribution in [3.8, 4) is 0 Å². The van der Waals surface area contributed by atoms with E-state index in [0.29, 0.717) is 29.3 Å². The zero-order valence-corrected chi connectivity index (χ0v) is 14.0. The average Bonchev–Trinajstić information content (AvgIpc) is 3.15. The number of thioether (sulfide) groups is 1. The van der Waals surface area contributed by atoms with Gasteiger partial charge in [0.1, 0.15) is 30.2 Å². The van der Waals surface area contributed by atoms with Gasteiger partial charge in [-0.15, -0.1) is 0 Å². The second kappa shape index (κ2) is 7.78. The summed E-state index contributed by atoms with van der Waals surface area (Å²) in [4.78, 5) is 16.5. The highest BCUT2D eigenvalue weighted by Gasteiger charge is 2.47. The lowest BCUT2D eigenvalue weighted by molar-refractivity contribution is -0.0763. The molecule has 2 aromatic heterocycles. The predicted octanol–water partition coefficient (Wildman–Crippen LogP) is -1.99. The van der Waals surface area contributed by atoms with Crippen LogP contribution in [0.1, 0.15) is 6.23 Å². The molecule has 138 valence electrons. The van der Waals surface area contributed by atoms with Gasteiger partial charge in [-0.3, -0.25) is 4.57 Å². The number of fused-ring (bicyclic) bond motifs is 1. The number of anilines is 1. The van der Waals surface area contributed by atoms with E-state index in [0.717, 1.165) is 0 Å². The standard InChI is InChI=1S/C13H20N6O5S/c14-11-7-12(17-4-16-11)19(5-18-7)13-9(22)8(21)10(24-13)6(20)3-25-2-1-23-15/h4-6,8-10,13,20-22H,1-3,15H2,(H2,14,16,17)/t6?,8-,9+,10+,13+/m0/s1. The van der Waals surface area contributed by atoms with Crippen molar-refractivity contribution >= 4 is 28.7 Å². The van der Waals surface area contributed by atoms with Crippen LogP contribution in [0.4, 0.5) is 5.82 Å². The monoisotopic (exact) mass is 372 g/mol. The third-order valence-corrected chi connectivity index (χ3v) is 4.98. The molecule has 3 rings (SSSR count). The van der Waals surface area contributed by atoms with Gasteiger partial charge in [-0.2, -0.15) is 11.8 Å². The Labute approximate surface area is 146 Å². The van der Waals surface area contributed by atoms with E-state index in [1.54, 1.807) is 0 Å². The van der Waals surface area contributed by atoms with Crippen molar-refractivity contribution in [3.05, 3.63) is 12.7 Å². The largest absolute Gasteiger partial charge is 0.389 e. The lowest BCUT2D eigenvalue weighted by Gasteiger charge is -2.20. The van der Waals surface area contributed by atoms with E-state index in [4.69, 9.17) is 16.4 Å². The number of aromatic nitrogens is 4. The summed E-state index contributed by atoms with van der Waals surface area (Å²) >= 11 is 1.40. The molecular weight excluding hydrogens is 352 g/mol. The van der Waals surface area contributed by atoms with E-state index in [2.05, 4.69) is 19.8 Å². The van der Waals surface area contributed by atoms with Crippen LogP contribution in [0.15, 0.2) is 12.7 Å². The van der Waals surface area contributed by atoms with E-state index in [1.165, 1.54) is 29.0 Å². The molecule has 0 aliphatic carbocycles. The molecule has 5 atom stereocenters. The number of hydrogen-bond donors (Lipinski definition) is 5. The number of ether oxygens (including phenoxy) is 1. The topological polar surface area (TPSA) is 175 Å². The Balaban J connectivity index is 1.74. The number of hydrogen-bond acceptors (Lipinski definition) is 11. The fourth-order valence-corrected chi connectivity index (χ4v) is 3.51. The summed E-state index contributed by atoms with van der Waals surface area (Å²) in [5, 5.41) is 30.8. The van der Waals surface area contributed by atoms with Crippen LogP contribution in [0.3, 0.4) is 0 Å². The van der Waals surface area contributed by atoms with Crippen LogP contribution < -0.4 is 11.6 Å². The number of aliphatic hydroxyl groups excluding tert-OH is 3. The molecule has 0 amide bonds. The molecule has 1 fully saturated rings. The van der Waals surface area contributed by atoms with Gasteiger partial charge in [0.2, 0.25) is 0 Å². The minimum Gasteiger partial charge on any atom is -0.389 e. The van der Waals surface area contributed by atoms with Crippen LogP contribution in [0, 0.1) is 0 Å². The van der Waals surface area contributed by atoms with Gasteiger partial charge >= 0.3 is 0 Å². The van der Waals surface area contributed by atoms with Gasteiger partial charge in [0.05, 0.1) is 19.0 Å². The third kappa shape index (κ3) is 3.55. The second-order valence-electron chi connectivity index (χ2n) is 5.57. The van der Waals surface area contributed by atoms with E-state index in [1.807, 2.05) is 0 Å². The molecule has 0 radical (unpaired) electrons. The molecule has 0 spiro atoms. The summed E-state index contributed by atoms with van der Waals surface area (Å²) in [6, 6.07) is 0. The maximum absolute atomic E-state index is 10.3. The SMILES string of the molecule is NOCCSCC(O)[C@H]1O[C@@H](n2cnc3c(N)ncnc32)[C@H](O)[C@@H]1O. The number of rotatable bonds is 7. The van der Waals surface area contributed by atoms with E-state index in [9.17, 15) is 15.3 Å². The number of nitrogen functional groups attached to an aromatic ring is 1. The number of imidazole rings is 1. The van der Waals surface area contributed by atoms with Crippen LogP contribution >= 0.6 is 11.8 Å². The molecule has 3 heterocycles. The molecule has 7 N–H and O–H groups in total. The molecule has 25 heavy (non-hydrogen) atoms. The Morgan fingerprint density at radius 1 is 1.32 bits per heavy atom. The first-order chi connectivity index (χ1) is 12.0. The van der Waals surface area contributed by atoms with Gasteiger partial charge in [0.15, 0.2) is 17.7 Å². The van der Waals surface area contributed by atoms with E-state index < -0.39 is 30.6 Å². The normalized spacial score (nSPS) is 27.8. The van der Waals surface area contributed by atoms with Crippen LogP contribution in [0.25, 0.3) is 11.2 Å². The van der Waals surface area contributed by atoms with Gasteiger partial charge in [-0.05, 0) is 0 Å². The minimum absolute atomic E-state index is 0.201. The fraction of sp³-hybridized carbons (Fsp3) is 0.615. The maximum atomic E-state index is 10.3. The highest BCUT2D eigenvalue weighted by molar-refractivity contribution is 7.99. The summed E-state index contributed by atoms with van der Waals surface area (Å²) in [7, 11) is 0. The van der Waals surface area contributed by atoms with Crippen molar-refractivity contribution in [2.45, 2.75) is 30.6 Å². The lowest BCUT2D eigenvalue weighted by atomic mass is 10.1. The van der Waals surface area contributed by atoms with Gasteiger partial charge in [0.25, 0.3) is 0 Å². The molecule has 0 aromatic carbocycles. The Morgan fingerprint density at radius 2 is 2.12 bits per heavy atom. The van der Waals surface area contributed by atoms with Crippen molar-refractivity contribution < 1.29 is 24.9 Å². The van der Waals surface area contributed by atoms with Crippen LogP contribution in [-0.4, -0.2) is 77.4 Å². The van der Waals surface area contributed by atoms with Crippen molar-refractivity contribution in [2.75, 3.05) is 23.8 Å². The fourth-order valence-electron chi connectivity index (χ4n) is 2.70. The van der Waals surface area contributed by atoms with Crippen LogP contribution in [0.2, 0.25) is 0 Å². The first kappa shape index (κ1) is 18.3. The predicted molar refractivity (Wildman–Crippen MR) is 89.1 cm³/mol. The molecule has 0 bridgehead atoms. The second-order valence-corrected chi connectivity index (χ2v) is 6.72. The summed E-state index contributed by atoms with van der Waals surface area (Å²) in [6.45, 7) is 0.346. The summed E-state index contributed by atoms with van der Waals surface area (Å²) in [6.07, 6.45) is -2.73. The minimum atomic E-state index is -1.26. The Hall–Kier alpha value is -1.54. The Kier molecular flexibility index (Phi) is 5.68. The number of nitrogens with zero attached hydrogens (tertiary/aromatic N) is 4. The third-order valence-electron chi connectivity index (χ3n) is 3.95.